The summed E-state index contributed by atoms with van der Waals surface area (Å²) in [6, 6.07) is 19.7. The Morgan fingerprint density at radius 1 is 0.765 bits per heavy atom. The third kappa shape index (κ3) is 6.38. The summed E-state index contributed by atoms with van der Waals surface area (Å²) < 4.78 is 11.9. The van der Waals surface area contributed by atoms with E-state index in [1.807, 2.05) is 36.4 Å². The van der Waals surface area contributed by atoms with Gasteiger partial charge < -0.3 is 14.8 Å². The molecule has 1 N–H and O–H groups in total. The molecule has 3 aromatic carbocycles. The van der Waals surface area contributed by atoms with E-state index in [1.54, 1.807) is 30.3 Å². The summed E-state index contributed by atoms with van der Waals surface area (Å²) >= 11 is 18.2. The highest BCUT2D eigenvalue weighted by Crippen LogP contribution is 2.27. The maximum atomic E-state index is 12.9. The summed E-state index contributed by atoms with van der Waals surface area (Å²) in [7, 11) is 0. The van der Waals surface area contributed by atoms with Crippen molar-refractivity contribution in [2.45, 2.75) is 13.2 Å². The molecule has 1 aromatic heterocycles. The van der Waals surface area contributed by atoms with Gasteiger partial charge in [-0.25, -0.2) is 9.97 Å². The average molecular weight is 515 g/mol. The minimum atomic E-state index is -0.414. The van der Waals surface area contributed by atoms with Gasteiger partial charge in [0.2, 0.25) is 0 Å². The van der Waals surface area contributed by atoms with Crippen molar-refractivity contribution >= 4 is 46.5 Å². The number of hydrogen-bond donors (Lipinski definition) is 1. The number of anilines is 1. The molecule has 9 heteroatoms. The van der Waals surface area contributed by atoms with E-state index in [0.29, 0.717) is 27.1 Å². The lowest BCUT2D eigenvalue weighted by atomic mass is 10.1. The SMILES string of the molecule is O=C(Nc1cnc(Cl)cn1)c1cc(OCc2ccccc2Cl)cc(OCc2ccccc2Cl)c1. The van der Waals surface area contributed by atoms with Crippen LogP contribution in [-0.2, 0) is 13.2 Å². The first kappa shape index (κ1) is 23.8. The van der Waals surface area contributed by atoms with Gasteiger partial charge in [-0.1, -0.05) is 71.2 Å². The zero-order valence-corrected chi connectivity index (χ0v) is 19.9. The first-order valence-electron chi connectivity index (χ1n) is 10.1. The van der Waals surface area contributed by atoms with Crippen molar-refractivity contribution in [3.05, 3.63) is 111 Å². The summed E-state index contributed by atoms with van der Waals surface area (Å²) in [5.41, 5.74) is 1.94. The number of hydrogen-bond acceptors (Lipinski definition) is 5. The molecule has 0 aliphatic carbocycles. The molecule has 4 rings (SSSR count). The van der Waals surface area contributed by atoms with Crippen molar-refractivity contribution in [1.82, 2.24) is 9.97 Å². The number of halogens is 3. The highest BCUT2D eigenvalue weighted by molar-refractivity contribution is 6.31. The Morgan fingerprint density at radius 3 is 1.82 bits per heavy atom. The van der Waals surface area contributed by atoms with Gasteiger partial charge in [0, 0.05) is 32.8 Å². The summed E-state index contributed by atoms with van der Waals surface area (Å²) in [4.78, 5) is 20.9. The zero-order valence-electron chi connectivity index (χ0n) is 17.7. The molecular formula is C25H18Cl3N3O3. The van der Waals surface area contributed by atoms with Crippen molar-refractivity contribution in [2.75, 3.05) is 5.32 Å². The molecule has 0 bridgehead atoms. The van der Waals surface area contributed by atoms with E-state index in [1.165, 1.54) is 12.4 Å². The van der Waals surface area contributed by atoms with E-state index in [0.717, 1.165) is 11.1 Å². The average Bonchev–Trinajstić information content (AvgIpc) is 2.84. The smallest absolute Gasteiger partial charge is 0.257 e. The van der Waals surface area contributed by atoms with E-state index in [2.05, 4.69) is 15.3 Å². The number of ether oxygens (including phenoxy) is 2. The summed E-state index contributed by atoms with van der Waals surface area (Å²) in [6.07, 6.45) is 2.71. The Kier molecular flexibility index (Phi) is 7.85. The van der Waals surface area contributed by atoms with E-state index in [4.69, 9.17) is 44.3 Å². The van der Waals surface area contributed by atoms with Crippen LogP contribution in [0.4, 0.5) is 5.82 Å². The molecule has 34 heavy (non-hydrogen) atoms. The molecule has 0 saturated carbocycles. The van der Waals surface area contributed by atoms with Gasteiger partial charge in [0.15, 0.2) is 5.82 Å². The van der Waals surface area contributed by atoms with Crippen LogP contribution in [0.15, 0.2) is 79.1 Å². The summed E-state index contributed by atoms with van der Waals surface area (Å²) in [5, 5.41) is 4.09. The normalized spacial score (nSPS) is 10.6. The number of benzene rings is 3. The number of carbonyl (C=O) groups is 1. The fraction of sp³-hybridized carbons (Fsp3) is 0.0800. The standard InChI is InChI=1S/C25H18Cl3N3O3/c26-21-7-3-1-5-16(21)14-33-19-9-18(25(32)31-24-13-29-23(28)12-30-24)10-20(11-19)34-15-17-6-2-4-8-22(17)27/h1-13H,14-15H2,(H,30,31,32). The van der Waals surface area contributed by atoms with E-state index in [-0.39, 0.29) is 24.2 Å². The molecule has 172 valence electrons. The minimum Gasteiger partial charge on any atom is -0.489 e. The predicted molar refractivity (Wildman–Crippen MR) is 133 cm³/mol. The second-order valence-corrected chi connectivity index (χ2v) is 8.33. The van der Waals surface area contributed by atoms with E-state index >= 15 is 0 Å². The highest BCUT2D eigenvalue weighted by atomic mass is 35.5. The van der Waals surface area contributed by atoms with Crippen LogP contribution in [0.1, 0.15) is 21.5 Å². The number of rotatable bonds is 8. The first-order valence-corrected chi connectivity index (χ1v) is 11.3. The van der Waals surface area contributed by atoms with Gasteiger partial charge in [-0.05, 0) is 24.3 Å². The van der Waals surface area contributed by atoms with Crippen LogP contribution in [0.5, 0.6) is 11.5 Å². The number of amides is 1. The van der Waals surface area contributed by atoms with Crippen molar-refractivity contribution in [3.63, 3.8) is 0 Å². The molecule has 1 amide bonds. The molecule has 0 fully saturated rings. The molecule has 4 aromatic rings. The van der Waals surface area contributed by atoms with Crippen molar-refractivity contribution in [1.29, 1.82) is 0 Å². The number of aromatic nitrogens is 2. The van der Waals surface area contributed by atoms with E-state index in [9.17, 15) is 4.79 Å². The fourth-order valence-corrected chi connectivity index (χ4v) is 3.47. The maximum absolute atomic E-state index is 12.9. The molecule has 0 saturated heterocycles. The number of carbonyl (C=O) groups excluding carboxylic acids is 1. The molecule has 6 nitrogen and oxygen atoms in total. The van der Waals surface area contributed by atoms with Gasteiger partial charge in [-0.3, -0.25) is 4.79 Å². The maximum Gasteiger partial charge on any atom is 0.257 e. The second-order valence-electron chi connectivity index (χ2n) is 7.13. The van der Waals surface area contributed by atoms with Crippen LogP contribution in [0.2, 0.25) is 15.2 Å². The van der Waals surface area contributed by atoms with Crippen LogP contribution in [0, 0.1) is 0 Å². The number of nitrogens with zero attached hydrogens (tertiary/aromatic N) is 2. The molecule has 0 atom stereocenters. The minimum absolute atomic E-state index is 0.220. The molecule has 0 unspecified atom stereocenters. The van der Waals surface area contributed by atoms with Gasteiger partial charge >= 0.3 is 0 Å². The quantitative estimate of drug-likeness (QED) is 0.278. The molecular weight excluding hydrogens is 497 g/mol. The Hall–Kier alpha value is -3.32. The van der Waals surface area contributed by atoms with Crippen LogP contribution in [-0.4, -0.2) is 15.9 Å². The highest BCUT2D eigenvalue weighted by Gasteiger charge is 2.13. The van der Waals surface area contributed by atoms with Crippen molar-refractivity contribution < 1.29 is 14.3 Å². The van der Waals surface area contributed by atoms with Gasteiger partial charge in [0.05, 0.1) is 12.4 Å². The molecule has 1 heterocycles. The Morgan fingerprint density at radius 2 is 1.32 bits per heavy atom. The lowest BCUT2D eigenvalue weighted by molar-refractivity contribution is 0.102. The molecule has 0 aliphatic heterocycles. The summed E-state index contributed by atoms with van der Waals surface area (Å²) in [5.74, 6) is 0.713. The van der Waals surface area contributed by atoms with Crippen LogP contribution in [0.3, 0.4) is 0 Å². The topological polar surface area (TPSA) is 73.3 Å². The monoisotopic (exact) mass is 513 g/mol. The lowest BCUT2D eigenvalue weighted by Crippen LogP contribution is -2.13. The Labute approximate surface area is 211 Å². The Bertz CT molecular complexity index is 1230. The fourth-order valence-electron chi connectivity index (χ4n) is 2.99. The van der Waals surface area contributed by atoms with Crippen molar-refractivity contribution in [3.8, 4) is 11.5 Å². The second kappa shape index (κ2) is 11.2. The Balaban J connectivity index is 1.56. The largest absolute Gasteiger partial charge is 0.489 e. The van der Waals surface area contributed by atoms with Crippen LogP contribution < -0.4 is 14.8 Å². The molecule has 0 radical (unpaired) electrons. The summed E-state index contributed by atoms with van der Waals surface area (Å²) in [6.45, 7) is 0.439. The van der Waals surface area contributed by atoms with Gasteiger partial charge in [-0.15, -0.1) is 0 Å². The van der Waals surface area contributed by atoms with Crippen molar-refractivity contribution in [2.24, 2.45) is 0 Å². The van der Waals surface area contributed by atoms with Gasteiger partial charge in [0.25, 0.3) is 5.91 Å². The van der Waals surface area contributed by atoms with Crippen LogP contribution in [0.25, 0.3) is 0 Å². The first-order chi connectivity index (χ1) is 16.5. The molecule has 0 spiro atoms. The lowest BCUT2D eigenvalue weighted by Gasteiger charge is -2.13. The number of nitrogens with one attached hydrogen (secondary N) is 1. The van der Waals surface area contributed by atoms with Gasteiger partial charge in [0.1, 0.15) is 29.9 Å². The van der Waals surface area contributed by atoms with E-state index < -0.39 is 5.91 Å². The third-order valence-electron chi connectivity index (χ3n) is 4.71. The molecule has 0 aliphatic rings. The van der Waals surface area contributed by atoms with Gasteiger partial charge in [-0.2, -0.15) is 0 Å². The predicted octanol–water partition coefficient (Wildman–Crippen LogP) is 6.85. The van der Waals surface area contributed by atoms with Crippen LogP contribution >= 0.6 is 34.8 Å². The third-order valence-corrected chi connectivity index (χ3v) is 5.64. The zero-order chi connectivity index (χ0) is 23.9.